The number of fused-ring (bicyclic) bond motifs is 1. The second-order valence-corrected chi connectivity index (χ2v) is 5.79. The first-order chi connectivity index (χ1) is 8.47. The molecule has 0 fully saturated rings. The van der Waals surface area contributed by atoms with Crippen molar-refractivity contribution in [2.75, 3.05) is 17.9 Å². The van der Waals surface area contributed by atoms with Crippen molar-refractivity contribution in [1.29, 1.82) is 0 Å². The zero-order valence-corrected chi connectivity index (χ0v) is 10.7. The molecule has 6 nitrogen and oxygen atoms in total. The summed E-state index contributed by atoms with van der Waals surface area (Å²) in [5.74, 6) is -1.03. The second-order valence-electron chi connectivity index (χ2n) is 3.99. The van der Waals surface area contributed by atoms with Crippen LogP contribution in [0, 0.1) is 0 Å². The molecule has 0 amide bonds. The molecule has 2 N–H and O–H groups in total. The average molecular weight is 270 g/mol. The first-order valence-corrected chi connectivity index (χ1v) is 6.98. The van der Waals surface area contributed by atoms with Gasteiger partial charge in [-0.25, -0.2) is 9.52 Å². The van der Waals surface area contributed by atoms with Crippen LogP contribution in [0.1, 0.15) is 22.3 Å². The minimum Gasteiger partial charge on any atom is -0.478 e. The summed E-state index contributed by atoms with van der Waals surface area (Å²) in [6, 6.07) is 4.69. The fraction of sp³-hybridized carbons (Fsp3) is 0.364. The number of nitrogens with one attached hydrogen (secondary N) is 1. The highest BCUT2D eigenvalue weighted by molar-refractivity contribution is 7.90. The summed E-state index contributed by atoms with van der Waals surface area (Å²) >= 11 is 0. The van der Waals surface area contributed by atoms with Crippen LogP contribution in [0.3, 0.4) is 0 Å². The lowest BCUT2D eigenvalue weighted by Gasteiger charge is -2.30. The Hall–Kier alpha value is -1.60. The number of hydrogen-bond acceptors (Lipinski definition) is 3. The van der Waals surface area contributed by atoms with Crippen LogP contribution < -0.4 is 9.03 Å². The zero-order valence-electron chi connectivity index (χ0n) is 9.88. The SMILES string of the molecule is CNS(=O)(=O)N1CCCc2c(C(=O)O)cccc21. The summed E-state index contributed by atoms with van der Waals surface area (Å²) in [7, 11) is -2.25. The van der Waals surface area contributed by atoms with Crippen molar-refractivity contribution < 1.29 is 18.3 Å². The second kappa shape index (κ2) is 4.58. The van der Waals surface area contributed by atoms with E-state index < -0.39 is 16.2 Å². The van der Waals surface area contributed by atoms with Gasteiger partial charge in [-0.05, 0) is 30.5 Å². The maximum absolute atomic E-state index is 11.9. The minimum absolute atomic E-state index is 0.170. The Morgan fingerprint density at radius 2 is 2.17 bits per heavy atom. The van der Waals surface area contributed by atoms with Gasteiger partial charge in [0.25, 0.3) is 0 Å². The molecule has 1 heterocycles. The lowest BCUT2D eigenvalue weighted by atomic mass is 9.98. The van der Waals surface area contributed by atoms with Gasteiger partial charge >= 0.3 is 16.2 Å². The van der Waals surface area contributed by atoms with Crippen LogP contribution in [0.4, 0.5) is 5.69 Å². The molecule has 0 unspecified atom stereocenters. The summed E-state index contributed by atoms with van der Waals surface area (Å²) in [6.07, 6.45) is 1.19. The van der Waals surface area contributed by atoms with E-state index in [4.69, 9.17) is 5.11 Å². The smallest absolute Gasteiger partial charge is 0.336 e. The third-order valence-corrected chi connectivity index (χ3v) is 4.46. The number of carboxylic acids is 1. The molecule has 0 aliphatic carbocycles. The highest BCUT2D eigenvalue weighted by atomic mass is 32.2. The van der Waals surface area contributed by atoms with Crippen molar-refractivity contribution >= 4 is 21.9 Å². The Bertz CT molecular complexity index is 583. The summed E-state index contributed by atoms with van der Waals surface area (Å²) in [6.45, 7) is 0.360. The molecule has 98 valence electrons. The number of nitrogens with zero attached hydrogens (tertiary/aromatic N) is 1. The van der Waals surface area contributed by atoms with Crippen molar-refractivity contribution in [3.05, 3.63) is 29.3 Å². The van der Waals surface area contributed by atoms with Gasteiger partial charge in [-0.15, -0.1) is 0 Å². The van der Waals surface area contributed by atoms with Gasteiger partial charge in [0.15, 0.2) is 0 Å². The lowest BCUT2D eigenvalue weighted by molar-refractivity contribution is 0.0695. The first kappa shape index (κ1) is 12.8. The van der Waals surface area contributed by atoms with E-state index in [1.54, 1.807) is 12.1 Å². The molecule has 1 aliphatic heterocycles. The van der Waals surface area contributed by atoms with Crippen LogP contribution >= 0.6 is 0 Å². The molecule has 0 aromatic heterocycles. The van der Waals surface area contributed by atoms with Gasteiger partial charge in [0.1, 0.15) is 0 Å². The first-order valence-electron chi connectivity index (χ1n) is 5.54. The largest absolute Gasteiger partial charge is 0.478 e. The number of benzene rings is 1. The fourth-order valence-electron chi connectivity index (χ4n) is 2.15. The zero-order chi connectivity index (χ0) is 13.3. The van der Waals surface area contributed by atoms with Crippen LogP contribution in [0.15, 0.2) is 18.2 Å². The predicted molar refractivity (Wildman–Crippen MR) is 67.0 cm³/mol. The summed E-state index contributed by atoms with van der Waals surface area (Å²) in [5.41, 5.74) is 1.20. The minimum atomic E-state index is -3.59. The maximum Gasteiger partial charge on any atom is 0.336 e. The molecule has 1 aliphatic rings. The average Bonchev–Trinajstić information content (AvgIpc) is 2.37. The number of aromatic carboxylic acids is 1. The number of carbonyl (C=O) groups is 1. The molecule has 2 rings (SSSR count). The van der Waals surface area contributed by atoms with Crippen molar-refractivity contribution in [2.24, 2.45) is 0 Å². The molecule has 0 bridgehead atoms. The van der Waals surface area contributed by atoms with E-state index in [9.17, 15) is 13.2 Å². The van der Waals surface area contributed by atoms with Crippen molar-refractivity contribution in [1.82, 2.24) is 4.72 Å². The predicted octanol–water partition coefficient (Wildman–Crippen LogP) is 0.602. The van der Waals surface area contributed by atoms with Crippen LogP contribution in [-0.2, 0) is 16.6 Å². The highest BCUT2D eigenvalue weighted by Gasteiger charge is 2.28. The van der Waals surface area contributed by atoms with Gasteiger partial charge in [-0.2, -0.15) is 8.42 Å². The van der Waals surface area contributed by atoms with E-state index in [0.29, 0.717) is 30.6 Å². The lowest BCUT2D eigenvalue weighted by Crippen LogP contribution is -2.42. The van der Waals surface area contributed by atoms with Gasteiger partial charge in [0.05, 0.1) is 11.3 Å². The number of carboxylic acid groups (broad SMARTS) is 1. The molecule has 7 heteroatoms. The maximum atomic E-state index is 11.9. The monoisotopic (exact) mass is 270 g/mol. The Morgan fingerprint density at radius 1 is 1.44 bits per heavy atom. The van der Waals surface area contributed by atoms with Crippen LogP contribution in [0.2, 0.25) is 0 Å². The van der Waals surface area contributed by atoms with E-state index in [0.717, 1.165) is 0 Å². The third-order valence-electron chi connectivity index (χ3n) is 2.99. The summed E-state index contributed by atoms with van der Waals surface area (Å²) in [5, 5.41) is 9.10. The highest BCUT2D eigenvalue weighted by Crippen LogP contribution is 2.31. The van der Waals surface area contributed by atoms with Gasteiger partial charge in [0.2, 0.25) is 0 Å². The molecule has 1 aromatic carbocycles. The topological polar surface area (TPSA) is 86.7 Å². The van der Waals surface area contributed by atoms with E-state index in [1.165, 1.54) is 17.4 Å². The number of rotatable bonds is 3. The number of anilines is 1. The standard InChI is InChI=1S/C11H14N2O4S/c1-12-18(16,17)13-7-3-5-8-9(11(14)15)4-2-6-10(8)13/h2,4,6,12H,3,5,7H2,1H3,(H,14,15). The van der Waals surface area contributed by atoms with E-state index in [-0.39, 0.29) is 5.56 Å². The Labute approximate surface area is 105 Å². The van der Waals surface area contributed by atoms with E-state index in [1.807, 2.05) is 0 Å². The van der Waals surface area contributed by atoms with Gasteiger partial charge in [0, 0.05) is 13.6 Å². The number of hydrogen-bond donors (Lipinski definition) is 2. The molecule has 1 aromatic rings. The Kier molecular flexibility index (Phi) is 3.27. The molecule has 0 atom stereocenters. The van der Waals surface area contributed by atoms with E-state index >= 15 is 0 Å². The summed E-state index contributed by atoms with van der Waals surface area (Å²) in [4.78, 5) is 11.1. The van der Waals surface area contributed by atoms with Gasteiger partial charge in [-0.3, -0.25) is 4.31 Å². The molecular formula is C11H14N2O4S. The molecule has 18 heavy (non-hydrogen) atoms. The van der Waals surface area contributed by atoms with Crippen LogP contribution in [0.25, 0.3) is 0 Å². The molecule has 0 radical (unpaired) electrons. The van der Waals surface area contributed by atoms with E-state index in [2.05, 4.69) is 4.72 Å². The van der Waals surface area contributed by atoms with Gasteiger partial charge < -0.3 is 5.11 Å². The third kappa shape index (κ3) is 2.06. The normalized spacial score (nSPS) is 15.3. The Morgan fingerprint density at radius 3 is 2.78 bits per heavy atom. The van der Waals surface area contributed by atoms with Crippen LogP contribution in [0.5, 0.6) is 0 Å². The Balaban J connectivity index is 2.58. The van der Waals surface area contributed by atoms with Gasteiger partial charge in [-0.1, -0.05) is 6.07 Å². The van der Waals surface area contributed by atoms with Crippen molar-refractivity contribution in [2.45, 2.75) is 12.8 Å². The molecule has 0 spiro atoms. The van der Waals surface area contributed by atoms with Crippen LogP contribution in [-0.4, -0.2) is 33.1 Å². The fourth-order valence-corrected chi connectivity index (χ4v) is 3.17. The van der Waals surface area contributed by atoms with Crippen molar-refractivity contribution in [3.8, 4) is 0 Å². The van der Waals surface area contributed by atoms with Crippen molar-refractivity contribution in [3.63, 3.8) is 0 Å². The summed E-state index contributed by atoms with van der Waals surface area (Å²) < 4.78 is 27.2. The molecule has 0 saturated carbocycles. The molecule has 0 saturated heterocycles. The molecular weight excluding hydrogens is 256 g/mol. The quantitative estimate of drug-likeness (QED) is 0.842.